The van der Waals surface area contributed by atoms with Crippen LogP contribution >= 0.6 is 11.6 Å². The van der Waals surface area contributed by atoms with Gasteiger partial charge in [-0.2, -0.15) is 5.10 Å². The Morgan fingerprint density at radius 2 is 1.76 bits per heavy atom. The topological polar surface area (TPSA) is 114 Å². The molecule has 11 heteroatoms. The quantitative estimate of drug-likeness (QED) is 0.199. The summed E-state index contributed by atoms with van der Waals surface area (Å²) in [5, 5.41) is 8.03. The molecular formula is C38H35ClN6O4. The fraction of sp³-hybridized carbons (Fsp3) is 0.237. The number of likely N-dealkylation sites (tertiary alicyclic amines) is 1. The Hall–Kier alpha value is -5.48. The molecule has 0 atom stereocenters. The third-order valence-corrected chi connectivity index (χ3v) is 9.20. The van der Waals surface area contributed by atoms with Crippen LogP contribution in [-0.4, -0.2) is 51.1 Å². The highest BCUT2D eigenvalue weighted by molar-refractivity contribution is 6.30. The van der Waals surface area contributed by atoms with Gasteiger partial charge < -0.3 is 19.5 Å². The van der Waals surface area contributed by atoms with Gasteiger partial charge in [0.1, 0.15) is 18.2 Å². The van der Waals surface area contributed by atoms with Gasteiger partial charge in [0.2, 0.25) is 5.91 Å². The Morgan fingerprint density at radius 3 is 2.53 bits per heavy atom. The number of nitrogens with one attached hydrogen (secondary N) is 1. The van der Waals surface area contributed by atoms with Crippen molar-refractivity contribution in [2.75, 3.05) is 24.5 Å². The number of hydrogen-bond donors (Lipinski definition) is 1. The molecule has 7 rings (SSSR count). The second-order valence-electron chi connectivity index (χ2n) is 12.3. The first-order chi connectivity index (χ1) is 23.9. The van der Waals surface area contributed by atoms with Gasteiger partial charge >= 0.3 is 0 Å². The van der Waals surface area contributed by atoms with Crippen molar-refractivity contribution in [1.29, 1.82) is 0 Å². The van der Waals surface area contributed by atoms with E-state index >= 15 is 0 Å². The molecule has 5 aromatic rings. The van der Waals surface area contributed by atoms with Crippen molar-refractivity contribution in [3.63, 3.8) is 0 Å². The van der Waals surface area contributed by atoms with Crippen LogP contribution in [0.3, 0.4) is 0 Å². The average Bonchev–Trinajstić information content (AvgIpc) is 3.66. The van der Waals surface area contributed by atoms with Gasteiger partial charge in [-0.3, -0.25) is 14.4 Å². The molecule has 2 fully saturated rings. The Bertz CT molecular complexity index is 2110. The zero-order chi connectivity index (χ0) is 33.7. The number of para-hydroxylation sites is 1. The molecule has 10 nitrogen and oxygen atoms in total. The highest BCUT2D eigenvalue weighted by atomic mass is 35.5. The van der Waals surface area contributed by atoms with E-state index in [1.54, 1.807) is 35.0 Å². The number of anilines is 1. The van der Waals surface area contributed by atoms with E-state index in [2.05, 4.69) is 32.4 Å². The van der Waals surface area contributed by atoms with Crippen molar-refractivity contribution in [2.24, 2.45) is 0 Å². The second-order valence-corrected chi connectivity index (χ2v) is 12.7. The number of benzene rings is 3. The summed E-state index contributed by atoms with van der Waals surface area (Å²) in [6.45, 7) is 3.04. The van der Waals surface area contributed by atoms with Crippen molar-refractivity contribution < 1.29 is 14.0 Å². The van der Waals surface area contributed by atoms with E-state index in [1.165, 1.54) is 24.3 Å². The van der Waals surface area contributed by atoms with Crippen molar-refractivity contribution in [3.05, 3.63) is 135 Å². The molecule has 0 bridgehead atoms. The predicted octanol–water partition coefficient (Wildman–Crippen LogP) is 6.54. The third-order valence-electron chi connectivity index (χ3n) is 8.95. The van der Waals surface area contributed by atoms with Gasteiger partial charge in [0.05, 0.1) is 11.1 Å². The molecule has 0 saturated carbocycles. The van der Waals surface area contributed by atoms with Crippen LogP contribution in [0.2, 0.25) is 5.02 Å². The van der Waals surface area contributed by atoms with Gasteiger partial charge in [-0.05, 0) is 85.4 Å². The molecule has 0 aliphatic carbocycles. The number of carbonyl (C=O) groups is 2. The normalized spacial score (nSPS) is 15.5. The summed E-state index contributed by atoms with van der Waals surface area (Å²) < 4.78 is 7.46. The minimum absolute atomic E-state index is 0.0926. The third kappa shape index (κ3) is 7.49. The smallest absolute Gasteiger partial charge is 0.291 e. The standard InChI is InChI=1S/C38H35ClN6O4/c39-29-10-8-26(9-11-29)19-30(42-38(48)36-22-34(46)32-21-31(12-13-35(32)49-36)45-25-40-24-41-45)20-27-14-17-43(18-15-27)33-6-2-1-5-28(33)23-44-16-4-3-7-37(44)47/h1-2,5-6,8-13,19-22,24-25H,3-4,7,14-18,23H2,(H,42,48)/b30-19-. The summed E-state index contributed by atoms with van der Waals surface area (Å²) in [6.07, 6.45) is 11.1. The zero-order valence-corrected chi connectivity index (χ0v) is 27.6. The van der Waals surface area contributed by atoms with Gasteiger partial charge in [-0.25, -0.2) is 9.67 Å². The Kier molecular flexibility index (Phi) is 9.38. The van der Waals surface area contributed by atoms with Gasteiger partial charge in [-0.1, -0.05) is 47.5 Å². The molecule has 4 heterocycles. The summed E-state index contributed by atoms with van der Waals surface area (Å²) in [4.78, 5) is 47.5. The molecule has 49 heavy (non-hydrogen) atoms. The van der Waals surface area contributed by atoms with Crippen LogP contribution in [-0.2, 0) is 11.3 Å². The zero-order valence-electron chi connectivity index (χ0n) is 26.8. The van der Waals surface area contributed by atoms with Crippen LogP contribution in [0.1, 0.15) is 53.8 Å². The van der Waals surface area contributed by atoms with Gasteiger partial charge in [-0.15, -0.1) is 0 Å². The lowest BCUT2D eigenvalue weighted by Gasteiger charge is -2.34. The van der Waals surface area contributed by atoms with Crippen molar-refractivity contribution in [3.8, 4) is 5.69 Å². The average molecular weight is 675 g/mol. The van der Waals surface area contributed by atoms with E-state index < -0.39 is 5.91 Å². The molecular weight excluding hydrogens is 640 g/mol. The van der Waals surface area contributed by atoms with Crippen LogP contribution in [0.5, 0.6) is 0 Å². The van der Waals surface area contributed by atoms with Gasteiger partial charge in [0, 0.05) is 55.1 Å². The van der Waals surface area contributed by atoms with E-state index in [-0.39, 0.29) is 17.1 Å². The number of piperidine rings is 2. The summed E-state index contributed by atoms with van der Waals surface area (Å²) in [6, 6.07) is 21.9. The second kappa shape index (κ2) is 14.3. The minimum atomic E-state index is -0.532. The SMILES string of the molecule is O=C(N/C(C=C1CCN(c2ccccc2CN2CCCCC2=O)CC1)=C\c1ccc(Cl)cc1)c1cc(=O)c2cc(-n3cncn3)ccc2o1. The number of rotatable bonds is 8. The molecule has 2 saturated heterocycles. The van der Waals surface area contributed by atoms with Crippen molar-refractivity contribution in [2.45, 2.75) is 38.6 Å². The molecule has 2 aliphatic rings. The highest BCUT2D eigenvalue weighted by Gasteiger charge is 2.22. The van der Waals surface area contributed by atoms with E-state index in [0.29, 0.717) is 40.3 Å². The molecule has 248 valence electrons. The first kappa shape index (κ1) is 32.1. The lowest BCUT2D eigenvalue weighted by Crippen LogP contribution is -2.36. The maximum Gasteiger partial charge on any atom is 0.291 e. The van der Waals surface area contributed by atoms with E-state index in [9.17, 15) is 14.4 Å². The summed E-state index contributed by atoms with van der Waals surface area (Å²) in [5.74, 6) is -0.396. The summed E-state index contributed by atoms with van der Waals surface area (Å²) >= 11 is 6.13. The first-order valence-electron chi connectivity index (χ1n) is 16.4. The number of fused-ring (bicyclic) bond motifs is 1. The molecule has 2 amide bonds. The van der Waals surface area contributed by atoms with E-state index in [0.717, 1.165) is 62.1 Å². The number of amides is 2. The van der Waals surface area contributed by atoms with Crippen LogP contribution < -0.4 is 15.6 Å². The molecule has 0 unspecified atom stereocenters. The maximum absolute atomic E-state index is 13.6. The van der Waals surface area contributed by atoms with E-state index in [4.69, 9.17) is 16.0 Å². The van der Waals surface area contributed by atoms with Crippen LogP contribution in [0.15, 0.2) is 112 Å². The van der Waals surface area contributed by atoms with Crippen molar-refractivity contribution in [1.82, 2.24) is 25.0 Å². The van der Waals surface area contributed by atoms with Crippen LogP contribution in [0.25, 0.3) is 22.7 Å². The Morgan fingerprint density at radius 1 is 0.939 bits per heavy atom. The molecule has 2 aromatic heterocycles. The molecule has 1 N–H and O–H groups in total. The fourth-order valence-electron chi connectivity index (χ4n) is 6.37. The Balaban J connectivity index is 1.10. The predicted molar refractivity (Wildman–Crippen MR) is 190 cm³/mol. The van der Waals surface area contributed by atoms with Crippen LogP contribution in [0.4, 0.5) is 5.69 Å². The van der Waals surface area contributed by atoms with Crippen molar-refractivity contribution >= 4 is 46.1 Å². The van der Waals surface area contributed by atoms with Gasteiger partial charge in [0.25, 0.3) is 5.91 Å². The molecule has 0 radical (unpaired) electrons. The fourth-order valence-corrected chi connectivity index (χ4v) is 6.50. The number of allylic oxidation sites excluding steroid dienone is 1. The van der Waals surface area contributed by atoms with Crippen LogP contribution in [0, 0.1) is 0 Å². The Labute approximate surface area is 288 Å². The lowest BCUT2D eigenvalue weighted by molar-refractivity contribution is -0.133. The summed E-state index contributed by atoms with van der Waals surface area (Å²) in [5.41, 5.74) is 5.53. The number of halogens is 1. The molecule has 0 spiro atoms. The number of carbonyl (C=O) groups excluding carboxylic acids is 2. The monoisotopic (exact) mass is 674 g/mol. The summed E-state index contributed by atoms with van der Waals surface area (Å²) in [7, 11) is 0. The molecule has 3 aromatic carbocycles. The minimum Gasteiger partial charge on any atom is -0.451 e. The molecule has 2 aliphatic heterocycles. The lowest BCUT2D eigenvalue weighted by atomic mass is 10.00. The first-order valence-corrected chi connectivity index (χ1v) is 16.8. The maximum atomic E-state index is 13.6. The number of nitrogens with zero attached hydrogens (tertiary/aromatic N) is 5. The highest BCUT2D eigenvalue weighted by Crippen LogP contribution is 2.29. The largest absolute Gasteiger partial charge is 0.451 e. The van der Waals surface area contributed by atoms with Gasteiger partial charge in [0.15, 0.2) is 11.2 Å². The number of hydrogen-bond acceptors (Lipinski definition) is 7. The van der Waals surface area contributed by atoms with E-state index in [1.807, 2.05) is 41.3 Å². The number of aromatic nitrogens is 3.